The van der Waals surface area contributed by atoms with Crippen molar-refractivity contribution in [1.29, 1.82) is 0 Å². The summed E-state index contributed by atoms with van der Waals surface area (Å²) in [6, 6.07) is 8.50. The van der Waals surface area contributed by atoms with Crippen LogP contribution in [0.5, 0.6) is 0 Å². The van der Waals surface area contributed by atoms with E-state index < -0.39 is 0 Å². The third kappa shape index (κ3) is 4.21. The molecule has 0 aromatic heterocycles. The minimum absolute atomic E-state index is 0.000520. The molecule has 1 aliphatic carbocycles. The fourth-order valence-electron chi connectivity index (χ4n) is 3.80. The van der Waals surface area contributed by atoms with Crippen LogP contribution in [0.3, 0.4) is 0 Å². The zero-order valence-corrected chi connectivity index (χ0v) is 14.5. The Labute approximate surface area is 149 Å². The molecule has 2 aliphatic rings. The lowest BCUT2D eigenvalue weighted by Gasteiger charge is -2.27. The molecule has 132 valence electrons. The SMILES string of the molecule is C#CCN(CC(=O)NCC(=O)N1CCCC1)C1CCc2ccccc21. The number of nitrogens with zero attached hydrogens (tertiary/aromatic N) is 2. The van der Waals surface area contributed by atoms with Gasteiger partial charge in [-0.2, -0.15) is 0 Å². The molecule has 0 spiro atoms. The predicted octanol–water partition coefficient (Wildman–Crippen LogP) is 1.35. The number of hydrogen-bond acceptors (Lipinski definition) is 3. The van der Waals surface area contributed by atoms with Crippen LogP contribution in [-0.4, -0.2) is 54.3 Å². The van der Waals surface area contributed by atoms with Gasteiger partial charge in [0.25, 0.3) is 0 Å². The summed E-state index contributed by atoms with van der Waals surface area (Å²) in [5, 5.41) is 2.76. The number of hydrogen-bond donors (Lipinski definition) is 1. The molecule has 1 fully saturated rings. The van der Waals surface area contributed by atoms with Crippen molar-refractivity contribution >= 4 is 11.8 Å². The van der Waals surface area contributed by atoms with Crippen molar-refractivity contribution in [3.05, 3.63) is 35.4 Å². The summed E-state index contributed by atoms with van der Waals surface area (Å²) in [5.74, 6) is 2.52. The highest BCUT2D eigenvalue weighted by atomic mass is 16.2. The molecule has 0 radical (unpaired) electrons. The molecule has 1 saturated heterocycles. The molecule has 3 rings (SSSR count). The van der Waals surface area contributed by atoms with E-state index in [1.165, 1.54) is 11.1 Å². The minimum Gasteiger partial charge on any atom is -0.346 e. The summed E-state index contributed by atoms with van der Waals surface area (Å²) in [5.41, 5.74) is 2.60. The van der Waals surface area contributed by atoms with Crippen LogP contribution < -0.4 is 5.32 Å². The first kappa shape index (κ1) is 17.5. The highest BCUT2D eigenvalue weighted by Crippen LogP contribution is 2.35. The fourth-order valence-corrected chi connectivity index (χ4v) is 3.80. The van der Waals surface area contributed by atoms with E-state index in [0.717, 1.165) is 38.8 Å². The van der Waals surface area contributed by atoms with E-state index in [1.807, 2.05) is 21.9 Å². The molecule has 2 amide bonds. The minimum atomic E-state index is -0.146. The number of aryl methyl sites for hydroxylation is 1. The quantitative estimate of drug-likeness (QED) is 0.796. The van der Waals surface area contributed by atoms with Crippen LogP contribution in [0.15, 0.2) is 24.3 Å². The largest absolute Gasteiger partial charge is 0.346 e. The second-order valence-electron chi connectivity index (χ2n) is 6.73. The number of amides is 2. The average molecular weight is 339 g/mol. The molecular formula is C20H25N3O2. The van der Waals surface area contributed by atoms with Gasteiger partial charge in [0.05, 0.1) is 19.6 Å². The summed E-state index contributed by atoms with van der Waals surface area (Å²) in [4.78, 5) is 28.2. The number of carbonyl (C=O) groups excluding carboxylic acids is 2. The van der Waals surface area contributed by atoms with Crippen LogP contribution in [-0.2, 0) is 16.0 Å². The number of carbonyl (C=O) groups is 2. The van der Waals surface area contributed by atoms with Crippen LogP contribution >= 0.6 is 0 Å². The van der Waals surface area contributed by atoms with E-state index in [4.69, 9.17) is 6.42 Å². The maximum Gasteiger partial charge on any atom is 0.241 e. The molecule has 1 heterocycles. The van der Waals surface area contributed by atoms with E-state index in [9.17, 15) is 9.59 Å². The Morgan fingerprint density at radius 3 is 2.80 bits per heavy atom. The normalized spacial score (nSPS) is 18.9. The molecule has 25 heavy (non-hydrogen) atoms. The van der Waals surface area contributed by atoms with Crippen LogP contribution in [0.1, 0.15) is 36.4 Å². The maximum atomic E-state index is 12.3. The Balaban J connectivity index is 1.56. The van der Waals surface area contributed by atoms with E-state index in [-0.39, 0.29) is 30.9 Å². The third-order valence-corrected chi connectivity index (χ3v) is 5.08. The summed E-state index contributed by atoms with van der Waals surface area (Å²) in [7, 11) is 0. The third-order valence-electron chi connectivity index (χ3n) is 5.08. The lowest BCUT2D eigenvalue weighted by molar-refractivity contribution is -0.132. The number of fused-ring (bicyclic) bond motifs is 1. The Kier molecular flexibility index (Phi) is 5.72. The second kappa shape index (κ2) is 8.17. The van der Waals surface area contributed by atoms with Crippen molar-refractivity contribution in [2.75, 3.05) is 32.7 Å². The van der Waals surface area contributed by atoms with Crippen LogP contribution in [0, 0.1) is 12.3 Å². The van der Waals surface area contributed by atoms with Crippen LogP contribution in [0.25, 0.3) is 0 Å². The van der Waals surface area contributed by atoms with Gasteiger partial charge in [0.15, 0.2) is 0 Å². The highest BCUT2D eigenvalue weighted by Gasteiger charge is 2.28. The standard InChI is InChI=1S/C20H25N3O2/c1-2-11-23(18-10-9-16-7-3-4-8-17(16)18)15-19(24)21-14-20(25)22-12-5-6-13-22/h1,3-4,7-8,18H,5-6,9-15H2,(H,21,24). The molecule has 1 aromatic carbocycles. The van der Waals surface area contributed by atoms with Gasteiger partial charge in [0.2, 0.25) is 11.8 Å². The Hall–Kier alpha value is -2.32. The van der Waals surface area contributed by atoms with Crippen molar-refractivity contribution in [3.8, 4) is 12.3 Å². The van der Waals surface area contributed by atoms with E-state index >= 15 is 0 Å². The lowest BCUT2D eigenvalue weighted by Crippen LogP contribution is -2.43. The first-order valence-electron chi connectivity index (χ1n) is 8.99. The van der Waals surface area contributed by atoms with Gasteiger partial charge in [-0.15, -0.1) is 6.42 Å². The zero-order valence-electron chi connectivity index (χ0n) is 14.5. The lowest BCUT2D eigenvalue weighted by atomic mass is 10.1. The van der Waals surface area contributed by atoms with Gasteiger partial charge in [-0.1, -0.05) is 30.2 Å². The summed E-state index contributed by atoms with van der Waals surface area (Å²) >= 11 is 0. The van der Waals surface area contributed by atoms with E-state index in [0.29, 0.717) is 6.54 Å². The molecule has 5 nitrogen and oxygen atoms in total. The van der Waals surface area contributed by atoms with Gasteiger partial charge in [0, 0.05) is 19.1 Å². The molecule has 0 saturated carbocycles. The summed E-state index contributed by atoms with van der Waals surface area (Å²) < 4.78 is 0. The molecular weight excluding hydrogens is 314 g/mol. The second-order valence-corrected chi connectivity index (χ2v) is 6.73. The van der Waals surface area contributed by atoms with Crippen molar-refractivity contribution in [2.24, 2.45) is 0 Å². The van der Waals surface area contributed by atoms with Crippen LogP contribution in [0.4, 0.5) is 0 Å². The van der Waals surface area contributed by atoms with E-state index in [2.05, 4.69) is 23.4 Å². The first-order chi connectivity index (χ1) is 12.2. The summed E-state index contributed by atoms with van der Waals surface area (Å²) in [6.07, 6.45) is 9.60. The average Bonchev–Trinajstić information content (AvgIpc) is 3.29. The van der Waals surface area contributed by atoms with Crippen molar-refractivity contribution in [2.45, 2.75) is 31.7 Å². The molecule has 1 unspecified atom stereocenters. The zero-order chi connectivity index (χ0) is 17.6. The first-order valence-corrected chi connectivity index (χ1v) is 8.99. The van der Waals surface area contributed by atoms with Gasteiger partial charge >= 0.3 is 0 Å². The van der Waals surface area contributed by atoms with E-state index in [1.54, 1.807) is 0 Å². The molecule has 5 heteroatoms. The van der Waals surface area contributed by atoms with Crippen molar-refractivity contribution in [1.82, 2.24) is 15.1 Å². The maximum absolute atomic E-state index is 12.3. The monoisotopic (exact) mass is 339 g/mol. The molecule has 1 aromatic rings. The van der Waals surface area contributed by atoms with Crippen molar-refractivity contribution in [3.63, 3.8) is 0 Å². The molecule has 1 aliphatic heterocycles. The number of likely N-dealkylation sites (tertiary alicyclic amines) is 1. The fraction of sp³-hybridized carbons (Fsp3) is 0.500. The number of benzene rings is 1. The molecule has 1 N–H and O–H groups in total. The van der Waals surface area contributed by atoms with Gasteiger partial charge in [-0.3, -0.25) is 14.5 Å². The smallest absolute Gasteiger partial charge is 0.241 e. The number of terminal acetylenes is 1. The Morgan fingerprint density at radius 2 is 2.04 bits per heavy atom. The number of nitrogens with one attached hydrogen (secondary N) is 1. The predicted molar refractivity (Wildman–Crippen MR) is 96.7 cm³/mol. The highest BCUT2D eigenvalue weighted by molar-refractivity contribution is 5.85. The topological polar surface area (TPSA) is 52.7 Å². The Bertz CT molecular complexity index is 674. The van der Waals surface area contributed by atoms with Crippen molar-refractivity contribution < 1.29 is 9.59 Å². The van der Waals surface area contributed by atoms with Gasteiger partial charge in [0.1, 0.15) is 0 Å². The van der Waals surface area contributed by atoms with Gasteiger partial charge in [-0.05, 0) is 36.8 Å². The number of rotatable bonds is 6. The summed E-state index contributed by atoms with van der Waals surface area (Å²) in [6.45, 7) is 2.32. The van der Waals surface area contributed by atoms with Gasteiger partial charge < -0.3 is 10.2 Å². The van der Waals surface area contributed by atoms with Gasteiger partial charge in [-0.25, -0.2) is 0 Å². The van der Waals surface area contributed by atoms with Crippen LogP contribution in [0.2, 0.25) is 0 Å². The molecule has 1 atom stereocenters. The molecule has 0 bridgehead atoms. The Morgan fingerprint density at radius 1 is 1.28 bits per heavy atom.